The number of fused-ring (bicyclic) bond motifs is 1. The lowest BCUT2D eigenvalue weighted by atomic mass is 10.2. The first-order valence-corrected chi connectivity index (χ1v) is 5.61. The number of esters is 1. The number of rotatable bonds is 2. The number of nitrogens with zero attached hydrogens (tertiary/aromatic N) is 3. The van der Waals surface area contributed by atoms with E-state index in [1.54, 1.807) is 11.4 Å². The summed E-state index contributed by atoms with van der Waals surface area (Å²) in [5, 5.41) is 4.49. The van der Waals surface area contributed by atoms with Gasteiger partial charge in [0.1, 0.15) is 10.7 Å². The van der Waals surface area contributed by atoms with Gasteiger partial charge in [0.15, 0.2) is 5.65 Å². The number of halogens is 1. The van der Waals surface area contributed by atoms with Crippen LogP contribution in [0.25, 0.3) is 5.65 Å². The molecule has 0 aliphatic heterocycles. The molecule has 5 nitrogen and oxygen atoms in total. The van der Waals surface area contributed by atoms with E-state index in [0.29, 0.717) is 23.0 Å². The summed E-state index contributed by atoms with van der Waals surface area (Å²) >= 11 is 6.00. The summed E-state index contributed by atoms with van der Waals surface area (Å²) in [5.74, 6) is -0.436. The van der Waals surface area contributed by atoms with Gasteiger partial charge in [0, 0.05) is 11.3 Å². The number of hydrogen-bond acceptors (Lipinski definition) is 4. The zero-order valence-electron chi connectivity index (χ0n) is 9.82. The van der Waals surface area contributed by atoms with Gasteiger partial charge in [-0.3, -0.25) is 0 Å². The number of ether oxygens (including phenoxy) is 1. The lowest BCUT2D eigenvalue weighted by Gasteiger charge is -2.05. The molecule has 0 fully saturated rings. The molecular formula is C11H12ClN3O2. The summed E-state index contributed by atoms with van der Waals surface area (Å²) in [6, 6.07) is 0. The second kappa shape index (κ2) is 4.33. The van der Waals surface area contributed by atoms with E-state index >= 15 is 0 Å². The number of carbonyl (C=O) groups excluding carboxylic acids is 1. The smallest absolute Gasteiger partial charge is 0.343 e. The molecule has 17 heavy (non-hydrogen) atoms. The molecular weight excluding hydrogens is 242 g/mol. The zero-order valence-corrected chi connectivity index (χ0v) is 10.6. The molecule has 0 N–H and O–H groups in total. The van der Waals surface area contributed by atoms with Crippen molar-refractivity contribution in [2.24, 2.45) is 0 Å². The van der Waals surface area contributed by atoms with Gasteiger partial charge in [0.05, 0.1) is 12.8 Å². The Morgan fingerprint density at radius 2 is 2.24 bits per heavy atom. The minimum atomic E-state index is -0.436. The number of hydrogen-bond donors (Lipinski definition) is 0. The van der Waals surface area contributed by atoms with E-state index < -0.39 is 5.97 Å². The van der Waals surface area contributed by atoms with E-state index in [4.69, 9.17) is 16.3 Å². The first kappa shape index (κ1) is 11.9. The van der Waals surface area contributed by atoms with E-state index in [9.17, 15) is 4.79 Å². The third-order valence-electron chi connectivity index (χ3n) is 2.61. The van der Waals surface area contributed by atoms with Crippen molar-refractivity contribution in [2.45, 2.75) is 20.8 Å². The Hall–Kier alpha value is -1.62. The Labute approximate surface area is 103 Å². The van der Waals surface area contributed by atoms with Crippen molar-refractivity contribution in [1.82, 2.24) is 14.6 Å². The quantitative estimate of drug-likeness (QED) is 0.608. The van der Waals surface area contributed by atoms with E-state index in [2.05, 4.69) is 10.1 Å². The molecule has 6 heteroatoms. The molecule has 0 atom stereocenters. The highest BCUT2D eigenvalue weighted by Gasteiger charge is 2.18. The summed E-state index contributed by atoms with van der Waals surface area (Å²) < 4.78 is 6.52. The molecule has 0 aliphatic carbocycles. The molecule has 0 aromatic carbocycles. The summed E-state index contributed by atoms with van der Waals surface area (Å²) in [6.45, 7) is 5.79. The maximum Gasteiger partial charge on any atom is 0.343 e. The highest BCUT2D eigenvalue weighted by atomic mass is 35.5. The predicted molar refractivity (Wildman–Crippen MR) is 63.4 cm³/mol. The maximum absolute atomic E-state index is 11.7. The third kappa shape index (κ3) is 1.86. The van der Waals surface area contributed by atoms with Crippen LogP contribution in [0.3, 0.4) is 0 Å². The van der Waals surface area contributed by atoms with Crippen molar-refractivity contribution in [3.63, 3.8) is 0 Å². The summed E-state index contributed by atoms with van der Waals surface area (Å²) in [6.07, 6.45) is 1.45. The average Bonchev–Trinajstić information content (AvgIpc) is 2.70. The molecule has 0 unspecified atom stereocenters. The summed E-state index contributed by atoms with van der Waals surface area (Å²) in [4.78, 5) is 15.8. The van der Waals surface area contributed by atoms with Crippen molar-refractivity contribution in [2.75, 3.05) is 6.61 Å². The van der Waals surface area contributed by atoms with Crippen LogP contribution in [-0.4, -0.2) is 27.2 Å². The Morgan fingerprint density at radius 1 is 1.53 bits per heavy atom. The average molecular weight is 254 g/mol. The van der Waals surface area contributed by atoms with Gasteiger partial charge in [-0.2, -0.15) is 5.10 Å². The normalized spacial score (nSPS) is 10.8. The minimum Gasteiger partial charge on any atom is -0.462 e. The SMILES string of the molecule is CCOC(=O)c1cnn2c(C)c(C)c(Cl)nc12. The van der Waals surface area contributed by atoms with Gasteiger partial charge in [-0.05, 0) is 20.8 Å². The highest BCUT2D eigenvalue weighted by molar-refractivity contribution is 6.30. The van der Waals surface area contributed by atoms with Gasteiger partial charge >= 0.3 is 5.97 Å². The predicted octanol–water partition coefficient (Wildman–Crippen LogP) is 2.18. The fourth-order valence-corrected chi connectivity index (χ4v) is 1.75. The van der Waals surface area contributed by atoms with Crippen LogP contribution in [0, 0.1) is 13.8 Å². The van der Waals surface area contributed by atoms with Crippen LogP contribution in [0.5, 0.6) is 0 Å². The van der Waals surface area contributed by atoms with Crippen LogP contribution in [-0.2, 0) is 4.74 Å². The molecule has 0 saturated heterocycles. The van der Waals surface area contributed by atoms with Crippen LogP contribution in [0.2, 0.25) is 5.15 Å². The van der Waals surface area contributed by atoms with E-state index in [1.807, 2.05) is 13.8 Å². The fraction of sp³-hybridized carbons (Fsp3) is 0.364. The molecule has 0 saturated carbocycles. The van der Waals surface area contributed by atoms with Gasteiger partial charge in [-0.25, -0.2) is 14.3 Å². The van der Waals surface area contributed by atoms with Gasteiger partial charge in [-0.1, -0.05) is 11.6 Å². The second-order valence-electron chi connectivity index (χ2n) is 3.63. The molecule has 90 valence electrons. The van der Waals surface area contributed by atoms with Crippen LogP contribution in [0.4, 0.5) is 0 Å². The fourth-order valence-electron chi connectivity index (χ4n) is 1.53. The third-order valence-corrected chi connectivity index (χ3v) is 2.98. The van der Waals surface area contributed by atoms with Crippen LogP contribution < -0.4 is 0 Å². The van der Waals surface area contributed by atoms with Crippen LogP contribution in [0.1, 0.15) is 28.5 Å². The van der Waals surface area contributed by atoms with Crippen LogP contribution in [0.15, 0.2) is 6.20 Å². The lowest BCUT2D eigenvalue weighted by Crippen LogP contribution is -2.06. The molecule has 0 spiro atoms. The van der Waals surface area contributed by atoms with Gasteiger partial charge in [0.25, 0.3) is 0 Å². The Kier molecular flexibility index (Phi) is 3.02. The van der Waals surface area contributed by atoms with Gasteiger partial charge in [0.2, 0.25) is 0 Å². The Bertz CT molecular complexity index is 592. The molecule has 0 amide bonds. The Balaban J connectivity index is 2.65. The molecule has 2 heterocycles. The first-order chi connectivity index (χ1) is 8.06. The van der Waals surface area contributed by atoms with Crippen molar-refractivity contribution in [1.29, 1.82) is 0 Å². The largest absolute Gasteiger partial charge is 0.462 e. The van der Waals surface area contributed by atoms with Crippen LogP contribution >= 0.6 is 11.6 Å². The van der Waals surface area contributed by atoms with E-state index in [-0.39, 0.29) is 0 Å². The standard InChI is InChI=1S/C11H12ClN3O2/c1-4-17-11(16)8-5-13-15-7(3)6(2)9(12)14-10(8)15/h5H,4H2,1-3H3. The number of aryl methyl sites for hydroxylation is 1. The van der Waals surface area contributed by atoms with Crippen molar-refractivity contribution in [3.05, 3.63) is 28.2 Å². The van der Waals surface area contributed by atoms with E-state index in [0.717, 1.165) is 11.3 Å². The second-order valence-corrected chi connectivity index (χ2v) is 3.99. The topological polar surface area (TPSA) is 56.5 Å². The molecule has 2 aromatic rings. The van der Waals surface area contributed by atoms with E-state index in [1.165, 1.54) is 6.20 Å². The molecule has 2 rings (SSSR count). The maximum atomic E-state index is 11.7. The zero-order chi connectivity index (χ0) is 12.6. The lowest BCUT2D eigenvalue weighted by molar-refractivity contribution is 0.0528. The molecule has 0 bridgehead atoms. The molecule has 0 aliphatic rings. The number of aromatic nitrogens is 3. The number of carbonyl (C=O) groups is 1. The van der Waals surface area contributed by atoms with Crippen molar-refractivity contribution < 1.29 is 9.53 Å². The minimum absolute atomic E-state index is 0.314. The van der Waals surface area contributed by atoms with Crippen molar-refractivity contribution in [3.8, 4) is 0 Å². The highest BCUT2D eigenvalue weighted by Crippen LogP contribution is 2.20. The first-order valence-electron chi connectivity index (χ1n) is 5.23. The summed E-state index contributed by atoms with van der Waals surface area (Å²) in [5.41, 5.74) is 2.46. The summed E-state index contributed by atoms with van der Waals surface area (Å²) in [7, 11) is 0. The molecule has 2 aromatic heterocycles. The Morgan fingerprint density at radius 3 is 2.88 bits per heavy atom. The van der Waals surface area contributed by atoms with Gasteiger partial charge < -0.3 is 4.74 Å². The molecule has 0 radical (unpaired) electrons. The monoisotopic (exact) mass is 253 g/mol. The van der Waals surface area contributed by atoms with Gasteiger partial charge in [-0.15, -0.1) is 0 Å². The van der Waals surface area contributed by atoms with Crippen molar-refractivity contribution >= 4 is 23.2 Å².